The molecule has 9 nitrogen and oxygen atoms in total. The molecule has 200 valence electrons. The predicted molar refractivity (Wildman–Crippen MR) is 149 cm³/mol. The van der Waals surface area contributed by atoms with Crippen molar-refractivity contribution in [2.75, 3.05) is 33.3 Å². The maximum absolute atomic E-state index is 13.6. The average Bonchev–Trinajstić information content (AvgIpc) is 3.48. The van der Waals surface area contributed by atoms with Gasteiger partial charge in [-0.2, -0.15) is 0 Å². The number of hydrogen-bond acceptors (Lipinski definition) is 9. The minimum atomic E-state index is -1.07. The van der Waals surface area contributed by atoms with Crippen LogP contribution in [0.3, 0.4) is 0 Å². The van der Waals surface area contributed by atoms with Gasteiger partial charge in [0.25, 0.3) is 5.78 Å². The molecule has 39 heavy (non-hydrogen) atoms. The van der Waals surface area contributed by atoms with Gasteiger partial charge in [0.1, 0.15) is 11.5 Å². The zero-order valence-electron chi connectivity index (χ0n) is 21.4. The highest BCUT2D eigenvalue weighted by Gasteiger charge is 2.48. The zero-order valence-corrected chi connectivity index (χ0v) is 22.9. The minimum Gasteiger partial charge on any atom is -0.507 e. The van der Waals surface area contributed by atoms with Crippen molar-refractivity contribution in [2.45, 2.75) is 6.04 Å². The fourth-order valence-corrected chi connectivity index (χ4v) is 5.79. The van der Waals surface area contributed by atoms with Gasteiger partial charge in [-0.1, -0.05) is 35.1 Å². The van der Waals surface area contributed by atoms with Gasteiger partial charge in [-0.05, 0) is 48.0 Å². The molecule has 1 N–H and O–H groups in total. The Kier molecular flexibility index (Phi) is 7.07. The summed E-state index contributed by atoms with van der Waals surface area (Å²) >= 11 is 7.37. The number of carbonyl (C=O) groups is 2. The molecule has 1 amide bonds. The number of carbonyl (C=O) groups excluding carboxylic acids is 2. The second-order valence-corrected chi connectivity index (χ2v) is 9.91. The molecule has 0 aliphatic carbocycles. The number of halogens is 1. The fourth-order valence-electron chi connectivity index (χ4n) is 4.52. The number of anilines is 1. The average molecular weight is 567 g/mol. The maximum atomic E-state index is 13.6. The molecule has 11 heteroatoms. The summed E-state index contributed by atoms with van der Waals surface area (Å²) in [6, 6.07) is 13.9. The van der Waals surface area contributed by atoms with Gasteiger partial charge in [-0.25, -0.2) is 4.98 Å². The van der Waals surface area contributed by atoms with Crippen LogP contribution in [0.25, 0.3) is 16.0 Å². The van der Waals surface area contributed by atoms with Crippen LogP contribution in [-0.4, -0.2) is 50.2 Å². The molecule has 5 rings (SSSR count). The van der Waals surface area contributed by atoms with Crippen molar-refractivity contribution in [1.29, 1.82) is 0 Å². The lowest BCUT2D eigenvalue weighted by Crippen LogP contribution is -2.29. The number of thiazole rings is 1. The number of methoxy groups -OCH3 is 4. The minimum absolute atomic E-state index is 0.125. The quantitative estimate of drug-likeness (QED) is 0.175. The van der Waals surface area contributed by atoms with Crippen LogP contribution in [0.4, 0.5) is 5.13 Å². The number of nitrogens with zero attached hydrogens (tertiary/aromatic N) is 2. The second kappa shape index (κ2) is 10.5. The van der Waals surface area contributed by atoms with Gasteiger partial charge >= 0.3 is 5.91 Å². The number of Topliss-reactive ketones (excluding diaryl/α,β-unsaturated/α-hetero) is 1. The molecule has 4 aromatic rings. The Bertz CT molecular complexity index is 1620. The number of aliphatic hydroxyl groups excluding tert-OH is 1. The first-order chi connectivity index (χ1) is 18.8. The number of amides is 1. The van der Waals surface area contributed by atoms with Crippen molar-refractivity contribution in [3.8, 4) is 23.0 Å². The van der Waals surface area contributed by atoms with Crippen molar-refractivity contribution in [3.05, 3.63) is 76.3 Å². The van der Waals surface area contributed by atoms with Gasteiger partial charge in [0.2, 0.25) is 5.75 Å². The van der Waals surface area contributed by atoms with Crippen molar-refractivity contribution >= 4 is 55.7 Å². The van der Waals surface area contributed by atoms with E-state index in [1.165, 1.54) is 44.7 Å². The summed E-state index contributed by atoms with van der Waals surface area (Å²) in [5.41, 5.74) is 1.23. The zero-order chi connectivity index (χ0) is 27.8. The highest BCUT2D eigenvalue weighted by atomic mass is 35.5. The van der Waals surface area contributed by atoms with Crippen LogP contribution >= 0.6 is 22.9 Å². The van der Waals surface area contributed by atoms with Crippen molar-refractivity contribution in [1.82, 2.24) is 4.98 Å². The third-order valence-electron chi connectivity index (χ3n) is 6.34. The third kappa shape index (κ3) is 4.51. The Morgan fingerprint density at radius 2 is 1.67 bits per heavy atom. The molecule has 1 unspecified atom stereocenters. The highest BCUT2D eigenvalue weighted by molar-refractivity contribution is 7.22. The number of ketones is 1. The predicted octanol–water partition coefficient (Wildman–Crippen LogP) is 5.61. The highest BCUT2D eigenvalue weighted by Crippen LogP contribution is 2.48. The first-order valence-corrected chi connectivity index (χ1v) is 12.8. The molecular formula is C28H23ClN2O7S. The molecular weight excluding hydrogens is 544 g/mol. The first kappa shape index (κ1) is 26.3. The number of hydrogen-bond donors (Lipinski definition) is 1. The summed E-state index contributed by atoms with van der Waals surface area (Å²) in [4.78, 5) is 33.0. The van der Waals surface area contributed by atoms with E-state index in [-0.39, 0.29) is 16.5 Å². The summed E-state index contributed by atoms with van der Waals surface area (Å²) < 4.78 is 22.5. The van der Waals surface area contributed by atoms with Gasteiger partial charge in [-0.15, -0.1) is 0 Å². The number of aliphatic hydroxyl groups is 1. The van der Waals surface area contributed by atoms with Gasteiger partial charge < -0.3 is 24.1 Å². The SMILES string of the molecule is COc1cccc(C(O)=C2C(=O)C(=O)N(c3nc4ccc(Cl)cc4s3)C2c2cc(OC)c(OC)c(OC)c2)c1. The van der Waals surface area contributed by atoms with E-state index in [0.717, 1.165) is 4.70 Å². The Hall–Kier alpha value is -4.28. The van der Waals surface area contributed by atoms with E-state index in [2.05, 4.69) is 4.98 Å². The summed E-state index contributed by atoms with van der Waals surface area (Å²) in [6.07, 6.45) is 0. The standard InChI is InChI=1S/C28H23ClN2O7S/c1-35-17-7-5-6-14(10-17)24(32)22-23(15-11-19(36-2)26(38-4)20(12-15)37-3)31(27(34)25(22)33)28-30-18-9-8-16(29)13-21(18)39-28/h5-13,23,32H,1-4H3. The van der Waals surface area contributed by atoms with E-state index < -0.39 is 17.7 Å². The van der Waals surface area contributed by atoms with Gasteiger partial charge in [0.05, 0.1) is 50.3 Å². The molecule has 0 bridgehead atoms. The van der Waals surface area contributed by atoms with E-state index in [1.807, 2.05) is 0 Å². The summed E-state index contributed by atoms with van der Waals surface area (Å²) in [7, 11) is 5.89. The largest absolute Gasteiger partial charge is 0.507 e. The topological polar surface area (TPSA) is 107 Å². The van der Waals surface area contributed by atoms with E-state index in [1.54, 1.807) is 54.6 Å². The van der Waals surface area contributed by atoms with E-state index in [4.69, 9.17) is 30.5 Å². The van der Waals surface area contributed by atoms with Crippen molar-refractivity contribution in [3.63, 3.8) is 0 Å². The third-order valence-corrected chi connectivity index (χ3v) is 7.59. The van der Waals surface area contributed by atoms with Gasteiger partial charge in [0.15, 0.2) is 16.6 Å². The normalized spacial score (nSPS) is 16.5. The molecule has 1 aromatic heterocycles. The summed E-state index contributed by atoms with van der Waals surface area (Å²) in [5.74, 6) is -0.638. The van der Waals surface area contributed by atoms with Crippen LogP contribution < -0.4 is 23.8 Å². The lowest BCUT2D eigenvalue weighted by atomic mass is 9.94. The van der Waals surface area contributed by atoms with Crippen molar-refractivity contribution in [2.24, 2.45) is 0 Å². The summed E-state index contributed by atoms with van der Waals surface area (Å²) in [6.45, 7) is 0. The molecule has 2 heterocycles. The first-order valence-electron chi connectivity index (χ1n) is 11.6. The lowest BCUT2D eigenvalue weighted by molar-refractivity contribution is -0.132. The molecule has 1 fully saturated rings. The lowest BCUT2D eigenvalue weighted by Gasteiger charge is -2.24. The number of ether oxygens (including phenoxy) is 4. The molecule has 1 aliphatic heterocycles. The Morgan fingerprint density at radius 1 is 0.949 bits per heavy atom. The molecule has 1 aliphatic rings. The van der Waals surface area contributed by atoms with Crippen LogP contribution in [0.15, 0.2) is 60.2 Å². The monoisotopic (exact) mass is 566 g/mol. The van der Waals surface area contributed by atoms with Gasteiger partial charge in [0, 0.05) is 10.6 Å². The van der Waals surface area contributed by atoms with Crippen LogP contribution in [0.5, 0.6) is 23.0 Å². The Morgan fingerprint density at radius 3 is 2.31 bits per heavy atom. The second-order valence-electron chi connectivity index (χ2n) is 8.47. The van der Waals surface area contributed by atoms with Crippen molar-refractivity contribution < 1.29 is 33.6 Å². The number of aromatic nitrogens is 1. The smallest absolute Gasteiger partial charge is 0.301 e. The molecule has 0 spiro atoms. The van der Waals surface area contributed by atoms with Gasteiger partial charge in [-0.3, -0.25) is 14.5 Å². The van der Waals surface area contributed by atoms with E-state index in [0.29, 0.717) is 44.7 Å². The van der Waals surface area contributed by atoms with Crippen LogP contribution in [0.2, 0.25) is 5.02 Å². The molecule has 0 saturated carbocycles. The molecule has 1 saturated heterocycles. The number of fused-ring (bicyclic) bond motifs is 1. The van der Waals surface area contributed by atoms with Crippen LogP contribution in [0.1, 0.15) is 17.2 Å². The number of benzene rings is 3. The van der Waals surface area contributed by atoms with Crippen LogP contribution in [-0.2, 0) is 9.59 Å². The molecule has 0 radical (unpaired) electrons. The van der Waals surface area contributed by atoms with E-state index >= 15 is 0 Å². The maximum Gasteiger partial charge on any atom is 0.301 e. The molecule has 3 aromatic carbocycles. The fraction of sp³-hybridized carbons (Fsp3) is 0.179. The Labute approximate surface area is 232 Å². The Balaban J connectivity index is 1.79. The van der Waals surface area contributed by atoms with Crippen LogP contribution in [0, 0.1) is 0 Å². The summed E-state index contributed by atoms with van der Waals surface area (Å²) in [5, 5.41) is 12.2. The van der Waals surface area contributed by atoms with E-state index in [9.17, 15) is 14.7 Å². The number of rotatable bonds is 7. The molecule has 1 atom stereocenters.